The monoisotopic (exact) mass is 271 g/mol. The molecule has 0 aliphatic rings. The molecule has 0 aliphatic carbocycles. The molecule has 3 nitrogen and oxygen atoms in total. The third kappa shape index (κ3) is 2.15. The standard InChI is InChI=1S/C11H14BrNO2/c1-4-7-5-6(2)10(13)8(9(7)12)11(14)15-3/h5H,4,13H2,1-3H3. The van der Waals surface area contributed by atoms with Crippen LogP contribution in [0.2, 0.25) is 0 Å². The number of anilines is 1. The molecule has 0 aliphatic heterocycles. The van der Waals surface area contributed by atoms with Crippen molar-refractivity contribution in [2.75, 3.05) is 12.8 Å². The molecule has 1 rings (SSSR count). The lowest BCUT2D eigenvalue weighted by atomic mass is 10.0. The first-order valence-corrected chi connectivity index (χ1v) is 5.48. The van der Waals surface area contributed by atoms with Crippen molar-refractivity contribution in [1.82, 2.24) is 0 Å². The maximum atomic E-state index is 11.5. The highest BCUT2D eigenvalue weighted by Gasteiger charge is 2.18. The van der Waals surface area contributed by atoms with Gasteiger partial charge in [0.1, 0.15) is 0 Å². The highest BCUT2D eigenvalue weighted by molar-refractivity contribution is 9.10. The van der Waals surface area contributed by atoms with Gasteiger partial charge in [-0.25, -0.2) is 4.79 Å². The topological polar surface area (TPSA) is 52.3 Å². The predicted molar refractivity (Wildman–Crippen MR) is 64.0 cm³/mol. The Hall–Kier alpha value is -1.03. The van der Waals surface area contributed by atoms with Gasteiger partial charge < -0.3 is 10.5 Å². The van der Waals surface area contributed by atoms with E-state index in [2.05, 4.69) is 15.9 Å². The van der Waals surface area contributed by atoms with E-state index in [1.807, 2.05) is 19.9 Å². The number of halogens is 1. The number of rotatable bonds is 2. The molecule has 0 saturated heterocycles. The van der Waals surface area contributed by atoms with Gasteiger partial charge >= 0.3 is 5.97 Å². The summed E-state index contributed by atoms with van der Waals surface area (Å²) in [6.45, 7) is 3.91. The summed E-state index contributed by atoms with van der Waals surface area (Å²) in [7, 11) is 1.35. The van der Waals surface area contributed by atoms with E-state index in [1.54, 1.807) is 0 Å². The summed E-state index contributed by atoms with van der Waals surface area (Å²) in [6, 6.07) is 1.98. The van der Waals surface area contributed by atoms with Gasteiger partial charge in [-0.15, -0.1) is 0 Å². The van der Waals surface area contributed by atoms with Crippen molar-refractivity contribution < 1.29 is 9.53 Å². The third-order valence-corrected chi connectivity index (χ3v) is 3.26. The van der Waals surface area contributed by atoms with Crippen LogP contribution in [0.1, 0.15) is 28.4 Å². The van der Waals surface area contributed by atoms with Gasteiger partial charge in [-0.1, -0.05) is 13.0 Å². The number of carbonyl (C=O) groups is 1. The van der Waals surface area contributed by atoms with Gasteiger partial charge in [0.25, 0.3) is 0 Å². The van der Waals surface area contributed by atoms with Crippen LogP contribution in [0.15, 0.2) is 10.5 Å². The summed E-state index contributed by atoms with van der Waals surface area (Å²) in [5, 5.41) is 0. The summed E-state index contributed by atoms with van der Waals surface area (Å²) < 4.78 is 5.44. The molecular weight excluding hydrogens is 258 g/mol. The molecule has 0 amide bonds. The van der Waals surface area contributed by atoms with Gasteiger partial charge in [-0.2, -0.15) is 0 Å². The van der Waals surface area contributed by atoms with E-state index < -0.39 is 5.97 Å². The molecule has 15 heavy (non-hydrogen) atoms. The number of carbonyl (C=O) groups excluding carboxylic acids is 1. The SMILES string of the molecule is CCc1cc(C)c(N)c(C(=O)OC)c1Br. The Morgan fingerprint density at radius 1 is 1.60 bits per heavy atom. The smallest absolute Gasteiger partial charge is 0.341 e. The van der Waals surface area contributed by atoms with E-state index in [-0.39, 0.29) is 0 Å². The third-order valence-electron chi connectivity index (χ3n) is 2.36. The molecule has 1 aromatic rings. The minimum atomic E-state index is -0.405. The first kappa shape index (κ1) is 12.0. The molecule has 0 heterocycles. The maximum Gasteiger partial charge on any atom is 0.341 e. The fourth-order valence-corrected chi connectivity index (χ4v) is 2.21. The van der Waals surface area contributed by atoms with Crippen LogP contribution in [0.25, 0.3) is 0 Å². The molecule has 0 unspecified atom stereocenters. The Morgan fingerprint density at radius 3 is 2.67 bits per heavy atom. The second kappa shape index (κ2) is 4.66. The summed E-state index contributed by atoms with van der Waals surface area (Å²) in [5.41, 5.74) is 8.71. The minimum Gasteiger partial charge on any atom is -0.465 e. The van der Waals surface area contributed by atoms with E-state index in [4.69, 9.17) is 10.5 Å². The van der Waals surface area contributed by atoms with Crippen molar-refractivity contribution in [2.45, 2.75) is 20.3 Å². The van der Waals surface area contributed by atoms with E-state index in [9.17, 15) is 4.79 Å². The zero-order chi connectivity index (χ0) is 11.6. The number of nitrogens with two attached hydrogens (primary N) is 1. The zero-order valence-electron chi connectivity index (χ0n) is 9.06. The van der Waals surface area contributed by atoms with E-state index in [0.29, 0.717) is 11.3 Å². The number of benzene rings is 1. The molecule has 0 atom stereocenters. The lowest BCUT2D eigenvalue weighted by Crippen LogP contribution is -2.09. The number of hydrogen-bond acceptors (Lipinski definition) is 3. The summed E-state index contributed by atoms with van der Waals surface area (Å²) in [6.07, 6.45) is 0.839. The first-order chi connectivity index (χ1) is 7.02. The van der Waals surface area contributed by atoms with Crippen LogP contribution in [0.3, 0.4) is 0 Å². The van der Waals surface area contributed by atoms with Crippen LogP contribution in [-0.2, 0) is 11.2 Å². The molecule has 4 heteroatoms. The quantitative estimate of drug-likeness (QED) is 0.665. The van der Waals surface area contributed by atoms with Gasteiger partial charge in [-0.3, -0.25) is 0 Å². The molecule has 0 fully saturated rings. The fraction of sp³-hybridized carbons (Fsp3) is 0.364. The van der Waals surface area contributed by atoms with Gasteiger partial charge in [0.15, 0.2) is 0 Å². The Kier molecular flexibility index (Phi) is 3.74. The lowest BCUT2D eigenvalue weighted by Gasteiger charge is -2.12. The largest absolute Gasteiger partial charge is 0.465 e. The minimum absolute atomic E-state index is 0.405. The van der Waals surface area contributed by atoms with Crippen LogP contribution >= 0.6 is 15.9 Å². The van der Waals surface area contributed by atoms with Crippen molar-refractivity contribution in [3.05, 3.63) is 27.2 Å². The first-order valence-electron chi connectivity index (χ1n) is 4.68. The van der Waals surface area contributed by atoms with Crippen molar-refractivity contribution in [3.63, 3.8) is 0 Å². The van der Waals surface area contributed by atoms with Crippen molar-refractivity contribution >= 4 is 27.6 Å². The van der Waals surface area contributed by atoms with Crippen LogP contribution in [0, 0.1) is 6.92 Å². The van der Waals surface area contributed by atoms with Crippen molar-refractivity contribution in [1.29, 1.82) is 0 Å². The number of aryl methyl sites for hydroxylation is 2. The highest BCUT2D eigenvalue weighted by Crippen LogP contribution is 2.30. The molecule has 2 N–H and O–H groups in total. The zero-order valence-corrected chi connectivity index (χ0v) is 10.6. The molecule has 0 saturated carbocycles. The van der Waals surface area contributed by atoms with Crippen LogP contribution < -0.4 is 5.73 Å². The van der Waals surface area contributed by atoms with E-state index in [0.717, 1.165) is 22.0 Å². The van der Waals surface area contributed by atoms with Gasteiger partial charge in [0, 0.05) is 4.47 Å². The number of methoxy groups -OCH3 is 1. The van der Waals surface area contributed by atoms with E-state index >= 15 is 0 Å². The molecular formula is C11H14BrNO2. The number of hydrogen-bond donors (Lipinski definition) is 1. The van der Waals surface area contributed by atoms with Crippen molar-refractivity contribution in [3.8, 4) is 0 Å². The van der Waals surface area contributed by atoms with Crippen LogP contribution in [0.5, 0.6) is 0 Å². The average molecular weight is 272 g/mol. The van der Waals surface area contributed by atoms with E-state index in [1.165, 1.54) is 7.11 Å². The van der Waals surface area contributed by atoms with Gasteiger partial charge in [0.2, 0.25) is 0 Å². The molecule has 1 aromatic carbocycles. The molecule has 0 bridgehead atoms. The van der Waals surface area contributed by atoms with Gasteiger partial charge in [-0.05, 0) is 40.4 Å². The van der Waals surface area contributed by atoms with Crippen molar-refractivity contribution in [2.24, 2.45) is 0 Å². The summed E-state index contributed by atoms with van der Waals surface area (Å²) in [5.74, 6) is -0.405. The lowest BCUT2D eigenvalue weighted by molar-refractivity contribution is 0.0600. The normalized spacial score (nSPS) is 10.1. The Labute approximate surface area is 97.7 Å². The Balaban J connectivity index is 3.47. The predicted octanol–water partition coefficient (Wildman–Crippen LogP) is 2.69. The molecule has 82 valence electrons. The Bertz CT molecular complexity index is 402. The highest BCUT2D eigenvalue weighted by atomic mass is 79.9. The number of ether oxygens (including phenoxy) is 1. The average Bonchev–Trinajstić information content (AvgIpc) is 2.23. The Morgan fingerprint density at radius 2 is 2.20 bits per heavy atom. The fourth-order valence-electron chi connectivity index (χ4n) is 1.44. The maximum absolute atomic E-state index is 11.5. The number of esters is 1. The molecule has 0 aromatic heterocycles. The summed E-state index contributed by atoms with van der Waals surface area (Å²) >= 11 is 3.39. The molecule has 0 spiro atoms. The molecule has 0 radical (unpaired) electrons. The number of nitrogen functional groups attached to an aromatic ring is 1. The second-order valence-electron chi connectivity index (χ2n) is 3.30. The second-order valence-corrected chi connectivity index (χ2v) is 4.09. The van der Waals surface area contributed by atoms with Crippen LogP contribution in [-0.4, -0.2) is 13.1 Å². The summed E-state index contributed by atoms with van der Waals surface area (Å²) in [4.78, 5) is 11.5. The van der Waals surface area contributed by atoms with Gasteiger partial charge in [0.05, 0.1) is 18.4 Å². The van der Waals surface area contributed by atoms with Crippen LogP contribution in [0.4, 0.5) is 5.69 Å².